The Morgan fingerprint density at radius 3 is 2.73 bits per heavy atom. The van der Waals surface area contributed by atoms with Crippen molar-refractivity contribution in [1.29, 1.82) is 0 Å². The molecule has 0 spiro atoms. The topological polar surface area (TPSA) is 29.5 Å². The average Bonchev–Trinajstić information content (AvgIpc) is 2.15. The fourth-order valence-electron chi connectivity index (χ4n) is 1.38. The number of morpholine rings is 1. The van der Waals surface area contributed by atoms with Gasteiger partial charge in [0.05, 0.1) is 19.3 Å². The quantitative estimate of drug-likeness (QED) is 0.722. The summed E-state index contributed by atoms with van der Waals surface area (Å²) in [4.78, 5) is 12.5. The zero-order valence-corrected chi connectivity index (χ0v) is 9.47. The lowest BCUT2D eigenvalue weighted by molar-refractivity contribution is -0.166. The van der Waals surface area contributed by atoms with Crippen LogP contribution in [-0.2, 0) is 9.53 Å². The van der Waals surface area contributed by atoms with E-state index in [9.17, 15) is 18.0 Å². The lowest BCUT2D eigenvalue weighted by atomic mass is 10.2. The smallest absolute Gasteiger partial charge is 0.377 e. The molecule has 1 atom stereocenters. The van der Waals surface area contributed by atoms with E-state index < -0.39 is 18.5 Å². The molecule has 1 rings (SSSR count). The van der Waals surface area contributed by atoms with Gasteiger partial charge in [0.25, 0.3) is 0 Å². The van der Waals surface area contributed by atoms with Crippen molar-refractivity contribution in [2.24, 2.45) is 0 Å². The predicted octanol–water partition coefficient (Wildman–Crippen LogP) is 1.56. The largest absolute Gasteiger partial charge is 0.397 e. The Hall–Kier alpha value is -0.300. The molecule has 1 aliphatic heterocycles. The standard InChI is InChI=1S/C8H11BrF3NO2/c9-4-6-5-15-2-1-13(6)7(14)3-8(10,11)12/h6H,1-5H2. The monoisotopic (exact) mass is 289 g/mol. The molecule has 1 aliphatic rings. The molecule has 1 saturated heterocycles. The van der Waals surface area contributed by atoms with Crippen LogP contribution in [0.1, 0.15) is 6.42 Å². The number of halogens is 4. The van der Waals surface area contributed by atoms with E-state index >= 15 is 0 Å². The highest BCUT2D eigenvalue weighted by Crippen LogP contribution is 2.22. The van der Waals surface area contributed by atoms with Crippen LogP contribution in [0.15, 0.2) is 0 Å². The van der Waals surface area contributed by atoms with Gasteiger partial charge in [0.2, 0.25) is 5.91 Å². The van der Waals surface area contributed by atoms with Crippen molar-refractivity contribution in [1.82, 2.24) is 4.90 Å². The minimum atomic E-state index is -4.44. The Labute approximate surface area is 93.7 Å². The summed E-state index contributed by atoms with van der Waals surface area (Å²) >= 11 is 3.14. The zero-order chi connectivity index (χ0) is 11.5. The molecule has 0 radical (unpaired) electrons. The summed E-state index contributed by atoms with van der Waals surface area (Å²) in [5, 5.41) is 0.427. The summed E-state index contributed by atoms with van der Waals surface area (Å²) in [7, 11) is 0. The normalized spacial score (nSPS) is 22.9. The van der Waals surface area contributed by atoms with Crippen LogP contribution in [-0.4, -0.2) is 48.1 Å². The molecule has 1 fully saturated rings. The van der Waals surface area contributed by atoms with Gasteiger partial charge in [-0.1, -0.05) is 15.9 Å². The average molecular weight is 290 g/mol. The van der Waals surface area contributed by atoms with Crippen LogP contribution in [0.3, 0.4) is 0 Å². The fraction of sp³-hybridized carbons (Fsp3) is 0.875. The lowest BCUT2D eigenvalue weighted by Crippen LogP contribution is -2.50. The first-order valence-corrected chi connectivity index (χ1v) is 5.56. The minimum Gasteiger partial charge on any atom is -0.377 e. The van der Waals surface area contributed by atoms with Crippen molar-refractivity contribution >= 4 is 21.8 Å². The Bertz CT molecular complexity index is 234. The van der Waals surface area contributed by atoms with Gasteiger partial charge in [-0.05, 0) is 0 Å². The maximum Gasteiger partial charge on any atom is 0.397 e. The summed E-state index contributed by atoms with van der Waals surface area (Å²) in [5.41, 5.74) is 0. The fourth-order valence-corrected chi connectivity index (χ4v) is 1.92. The highest BCUT2D eigenvalue weighted by Gasteiger charge is 2.36. The first kappa shape index (κ1) is 12.8. The number of carbonyl (C=O) groups excluding carboxylic acids is 1. The van der Waals surface area contributed by atoms with Crippen LogP contribution in [0, 0.1) is 0 Å². The Morgan fingerprint density at radius 1 is 1.53 bits per heavy atom. The van der Waals surface area contributed by atoms with Crippen molar-refractivity contribution in [3.8, 4) is 0 Å². The number of alkyl halides is 4. The van der Waals surface area contributed by atoms with Gasteiger partial charge < -0.3 is 9.64 Å². The molecule has 0 aromatic carbocycles. The summed E-state index contributed by atoms with van der Waals surface area (Å²) in [6.45, 7) is 0.813. The maximum atomic E-state index is 12.0. The number of nitrogens with zero attached hydrogens (tertiary/aromatic N) is 1. The first-order valence-electron chi connectivity index (χ1n) is 4.44. The van der Waals surface area contributed by atoms with Crippen molar-refractivity contribution < 1.29 is 22.7 Å². The van der Waals surface area contributed by atoms with E-state index in [-0.39, 0.29) is 19.2 Å². The third-order valence-corrected chi connectivity index (χ3v) is 2.83. The molecular formula is C8H11BrF3NO2. The highest BCUT2D eigenvalue weighted by molar-refractivity contribution is 9.09. The minimum absolute atomic E-state index is 0.227. The molecule has 3 nitrogen and oxygen atoms in total. The molecule has 0 aromatic rings. The highest BCUT2D eigenvalue weighted by atomic mass is 79.9. The summed E-state index contributed by atoms with van der Waals surface area (Å²) in [6.07, 6.45) is -5.83. The third kappa shape index (κ3) is 3.98. The second kappa shape index (κ2) is 5.16. The second-order valence-corrected chi connectivity index (χ2v) is 3.91. The molecule has 0 bridgehead atoms. The van der Waals surface area contributed by atoms with Gasteiger partial charge in [0.1, 0.15) is 6.42 Å². The van der Waals surface area contributed by atoms with E-state index in [0.717, 1.165) is 0 Å². The summed E-state index contributed by atoms with van der Waals surface area (Å²) in [5.74, 6) is -0.879. The summed E-state index contributed by atoms with van der Waals surface area (Å²) in [6, 6.07) is -0.298. The van der Waals surface area contributed by atoms with Crippen molar-refractivity contribution in [3.63, 3.8) is 0 Å². The molecule has 1 heterocycles. The van der Waals surface area contributed by atoms with Gasteiger partial charge >= 0.3 is 6.18 Å². The molecule has 1 unspecified atom stereocenters. The number of carbonyl (C=O) groups is 1. The molecule has 88 valence electrons. The lowest BCUT2D eigenvalue weighted by Gasteiger charge is -2.34. The summed E-state index contributed by atoms with van der Waals surface area (Å²) < 4.78 is 41.1. The van der Waals surface area contributed by atoms with Crippen LogP contribution < -0.4 is 0 Å². The Kier molecular flexibility index (Phi) is 4.39. The van der Waals surface area contributed by atoms with E-state index in [4.69, 9.17) is 4.74 Å². The van der Waals surface area contributed by atoms with Crippen LogP contribution in [0.4, 0.5) is 13.2 Å². The number of hydrogen-bond acceptors (Lipinski definition) is 2. The predicted molar refractivity (Wildman–Crippen MR) is 50.8 cm³/mol. The van der Waals surface area contributed by atoms with Crippen LogP contribution in [0.2, 0.25) is 0 Å². The Balaban J connectivity index is 2.56. The molecule has 15 heavy (non-hydrogen) atoms. The van der Waals surface area contributed by atoms with Crippen LogP contribution in [0.25, 0.3) is 0 Å². The van der Waals surface area contributed by atoms with Gasteiger partial charge in [-0.15, -0.1) is 0 Å². The van der Waals surface area contributed by atoms with Gasteiger partial charge in [-0.25, -0.2) is 0 Å². The van der Waals surface area contributed by atoms with Crippen molar-refractivity contribution in [2.75, 3.05) is 25.1 Å². The van der Waals surface area contributed by atoms with Gasteiger partial charge in [-0.3, -0.25) is 4.79 Å². The van der Waals surface area contributed by atoms with Crippen molar-refractivity contribution in [3.05, 3.63) is 0 Å². The molecular weight excluding hydrogens is 279 g/mol. The van der Waals surface area contributed by atoms with E-state index in [0.29, 0.717) is 11.9 Å². The second-order valence-electron chi connectivity index (χ2n) is 3.26. The molecule has 0 saturated carbocycles. The third-order valence-electron chi connectivity index (χ3n) is 2.08. The number of ether oxygens (including phenoxy) is 1. The molecule has 1 amide bonds. The number of rotatable bonds is 2. The van der Waals surface area contributed by atoms with E-state index in [1.807, 2.05) is 0 Å². The first-order chi connectivity index (χ1) is 6.94. The Morgan fingerprint density at radius 2 is 2.20 bits per heavy atom. The molecule has 0 aliphatic carbocycles. The van der Waals surface area contributed by atoms with Gasteiger partial charge in [0, 0.05) is 11.9 Å². The van der Waals surface area contributed by atoms with Crippen LogP contribution in [0.5, 0.6) is 0 Å². The van der Waals surface area contributed by atoms with Crippen molar-refractivity contribution in [2.45, 2.75) is 18.6 Å². The molecule has 0 N–H and O–H groups in total. The molecule has 0 aromatic heterocycles. The number of amides is 1. The SMILES string of the molecule is O=C(CC(F)(F)F)N1CCOCC1CBr. The van der Waals surface area contributed by atoms with Gasteiger partial charge in [0.15, 0.2) is 0 Å². The van der Waals surface area contributed by atoms with Gasteiger partial charge in [-0.2, -0.15) is 13.2 Å². The van der Waals surface area contributed by atoms with E-state index in [1.54, 1.807) is 0 Å². The van der Waals surface area contributed by atoms with E-state index in [2.05, 4.69) is 15.9 Å². The number of hydrogen-bond donors (Lipinski definition) is 0. The zero-order valence-electron chi connectivity index (χ0n) is 7.89. The molecule has 7 heteroatoms. The maximum absolute atomic E-state index is 12.0. The van der Waals surface area contributed by atoms with Crippen LogP contribution >= 0.6 is 15.9 Å². The van der Waals surface area contributed by atoms with E-state index in [1.165, 1.54) is 4.90 Å².